The first kappa shape index (κ1) is 19.6. The van der Waals surface area contributed by atoms with Crippen molar-refractivity contribution in [3.8, 4) is 11.5 Å². The zero-order valence-corrected chi connectivity index (χ0v) is 15.3. The number of carboxylic acids is 1. The van der Waals surface area contributed by atoms with Gasteiger partial charge in [0.25, 0.3) is 5.91 Å². The average molecular weight is 361 g/mol. The third kappa shape index (κ3) is 5.66. The maximum atomic E-state index is 12.3. The monoisotopic (exact) mass is 361 g/mol. The highest BCUT2D eigenvalue weighted by Crippen LogP contribution is 2.18. The number of aliphatic carboxylic acids is 1. The molecule has 0 saturated heterocycles. The SMILES string of the molecule is Cc1nnc(-c2ccc(C(=O)NC(CCOC(C)(C)C)C(=O)O)cc2)o1. The Morgan fingerprint density at radius 1 is 1.23 bits per heavy atom. The highest BCUT2D eigenvalue weighted by atomic mass is 16.5. The van der Waals surface area contributed by atoms with Crippen molar-refractivity contribution in [3.63, 3.8) is 0 Å². The number of hydrogen-bond donors (Lipinski definition) is 2. The van der Waals surface area contributed by atoms with Crippen LogP contribution < -0.4 is 5.32 Å². The number of carbonyl (C=O) groups excluding carboxylic acids is 1. The molecule has 2 N–H and O–H groups in total. The number of aryl methyl sites for hydroxylation is 1. The van der Waals surface area contributed by atoms with Crippen LogP contribution >= 0.6 is 0 Å². The zero-order valence-electron chi connectivity index (χ0n) is 15.3. The maximum absolute atomic E-state index is 12.3. The van der Waals surface area contributed by atoms with Gasteiger partial charge in [-0.25, -0.2) is 4.79 Å². The third-order valence-electron chi connectivity index (χ3n) is 3.47. The van der Waals surface area contributed by atoms with Crippen molar-refractivity contribution < 1.29 is 23.8 Å². The van der Waals surface area contributed by atoms with Gasteiger partial charge in [-0.15, -0.1) is 10.2 Å². The van der Waals surface area contributed by atoms with Crippen molar-refractivity contribution in [1.29, 1.82) is 0 Å². The van der Waals surface area contributed by atoms with E-state index in [0.29, 0.717) is 22.9 Å². The van der Waals surface area contributed by atoms with E-state index >= 15 is 0 Å². The van der Waals surface area contributed by atoms with Crippen LogP contribution in [0, 0.1) is 6.92 Å². The van der Waals surface area contributed by atoms with Crippen LogP contribution in [0.4, 0.5) is 0 Å². The van der Waals surface area contributed by atoms with Gasteiger partial charge in [0.15, 0.2) is 0 Å². The predicted octanol–water partition coefficient (Wildman–Crippen LogP) is 2.43. The van der Waals surface area contributed by atoms with E-state index in [-0.39, 0.29) is 18.6 Å². The number of nitrogens with one attached hydrogen (secondary N) is 1. The number of rotatable bonds is 7. The van der Waals surface area contributed by atoms with E-state index in [2.05, 4.69) is 15.5 Å². The van der Waals surface area contributed by atoms with Crippen LogP contribution in [0.25, 0.3) is 11.5 Å². The summed E-state index contributed by atoms with van der Waals surface area (Å²) in [6.45, 7) is 7.57. The molecule has 1 amide bonds. The molecule has 0 aliphatic carbocycles. The Labute approximate surface area is 151 Å². The molecule has 26 heavy (non-hydrogen) atoms. The van der Waals surface area contributed by atoms with Crippen LogP contribution in [-0.4, -0.2) is 45.4 Å². The summed E-state index contributed by atoms with van der Waals surface area (Å²) in [7, 11) is 0. The number of carbonyl (C=O) groups is 2. The normalized spacial score (nSPS) is 12.6. The number of hydrogen-bond acceptors (Lipinski definition) is 6. The van der Waals surface area contributed by atoms with Crippen molar-refractivity contribution in [2.75, 3.05) is 6.61 Å². The van der Waals surface area contributed by atoms with Gasteiger partial charge in [-0.3, -0.25) is 4.79 Å². The lowest BCUT2D eigenvalue weighted by Crippen LogP contribution is -2.42. The van der Waals surface area contributed by atoms with Gasteiger partial charge < -0.3 is 19.6 Å². The Hall–Kier alpha value is -2.74. The second-order valence-corrected chi connectivity index (χ2v) is 6.82. The van der Waals surface area contributed by atoms with E-state index in [9.17, 15) is 14.7 Å². The summed E-state index contributed by atoms with van der Waals surface area (Å²) >= 11 is 0. The van der Waals surface area contributed by atoms with Crippen LogP contribution in [0.3, 0.4) is 0 Å². The van der Waals surface area contributed by atoms with Crippen molar-refractivity contribution in [2.45, 2.75) is 45.8 Å². The molecule has 1 heterocycles. The van der Waals surface area contributed by atoms with Gasteiger partial charge in [-0.2, -0.15) is 0 Å². The minimum atomic E-state index is -1.10. The molecule has 140 valence electrons. The number of amides is 1. The molecule has 0 fully saturated rings. The Morgan fingerprint density at radius 3 is 2.38 bits per heavy atom. The van der Waals surface area contributed by atoms with Gasteiger partial charge in [-0.1, -0.05) is 0 Å². The van der Waals surface area contributed by atoms with Crippen molar-refractivity contribution >= 4 is 11.9 Å². The average Bonchev–Trinajstić information content (AvgIpc) is 2.99. The molecule has 8 nitrogen and oxygen atoms in total. The van der Waals surface area contributed by atoms with Crippen molar-refractivity contribution in [3.05, 3.63) is 35.7 Å². The predicted molar refractivity (Wildman–Crippen MR) is 93.7 cm³/mol. The van der Waals surface area contributed by atoms with Crippen LogP contribution in [0.15, 0.2) is 28.7 Å². The van der Waals surface area contributed by atoms with Gasteiger partial charge in [-0.05, 0) is 45.0 Å². The molecule has 1 aromatic heterocycles. The molecular weight excluding hydrogens is 338 g/mol. The molecule has 2 aromatic rings. The molecule has 0 spiro atoms. The van der Waals surface area contributed by atoms with E-state index < -0.39 is 17.9 Å². The standard InChI is InChI=1S/C18H23N3O5/c1-11-20-21-16(26-11)13-7-5-12(6-8-13)15(22)19-14(17(23)24)9-10-25-18(2,3)4/h5-8,14H,9-10H2,1-4H3,(H,19,22)(H,23,24). The Kier molecular flexibility index (Phi) is 6.10. The molecule has 1 atom stereocenters. The Balaban J connectivity index is 1.99. The van der Waals surface area contributed by atoms with Crippen LogP contribution in [0.5, 0.6) is 0 Å². The lowest BCUT2D eigenvalue weighted by molar-refractivity contribution is -0.140. The van der Waals surface area contributed by atoms with Crippen LogP contribution in [0.2, 0.25) is 0 Å². The summed E-state index contributed by atoms with van der Waals surface area (Å²) in [5.41, 5.74) is 0.652. The van der Waals surface area contributed by atoms with E-state index in [1.807, 2.05) is 20.8 Å². The van der Waals surface area contributed by atoms with E-state index in [0.717, 1.165) is 0 Å². The number of aromatic nitrogens is 2. The van der Waals surface area contributed by atoms with Crippen molar-refractivity contribution in [1.82, 2.24) is 15.5 Å². The number of benzene rings is 1. The van der Waals surface area contributed by atoms with Gasteiger partial charge in [0.1, 0.15) is 6.04 Å². The molecule has 0 aliphatic rings. The molecule has 0 bridgehead atoms. The van der Waals surface area contributed by atoms with Crippen LogP contribution in [-0.2, 0) is 9.53 Å². The van der Waals surface area contributed by atoms with Crippen molar-refractivity contribution in [2.24, 2.45) is 0 Å². The highest BCUT2D eigenvalue weighted by molar-refractivity contribution is 5.96. The van der Waals surface area contributed by atoms with Gasteiger partial charge in [0, 0.05) is 31.1 Å². The summed E-state index contributed by atoms with van der Waals surface area (Å²) in [4.78, 5) is 23.7. The topological polar surface area (TPSA) is 115 Å². The fraction of sp³-hybridized carbons (Fsp3) is 0.444. The number of carboxylic acid groups (broad SMARTS) is 1. The second-order valence-electron chi connectivity index (χ2n) is 6.82. The molecule has 0 saturated carbocycles. The summed E-state index contributed by atoms with van der Waals surface area (Å²) in [6, 6.07) is 5.47. The lowest BCUT2D eigenvalue weighted by atomic mass is 10.1. The molecular formula is C18H23N3O5. The number of ether oxygens (including phenoxy) is 1. The first-order chi connectivity index (χ1) is 12.2. The molecule has 2 rings (SSSR count). The summed E-state index contributed by atoms with van der Waals surface area (Å²) < 4.78 is 10.8. The Bertz CT molecular complexity index is 762. The molecule has 0 radical (unpaired) electrons. The summed E-state index contributed by atoms with van der Waals surface area (Å²) in [6.07, 6.45) is 0.178. The first-order valence-electron chi connectivity index (χ1n) is 8.24. The molecule has 0 aliphatic heterocycles. The minimum Gasteiger partial charge on any atom is -0.480 e. The molecule has 8 heteroatoms. The smallest absolute Gasteiger partial charge is 0.326 e. The van der Waals surface area contributed by atoms with E-state index in [1.165, 1.54) is 0 Å². The van der Waals surface area contributed by atoms with E-state index in [4.69, 9.17) is 9.15 Å². The first-order valence-corrected chi connectivity index (χ1v) is 8.24. The minimum absolute atomic E-state index is 0.178. The van der Waals surface area contributed by atoms with E-state index in [1.54, 1.807) is 31.2 Å². The fourth-order valence-electron chi connectivity index (χ4n) is 2.16. The largest absolute Gasteiger partial charge is 0.480 e. The lowest BCUT2D eigenvalue weighted by Gasteiger charge is -2.21. The van der Waals surface area contributed by atoms with Gasteiger partial charge in [0.05, 0.1) is 5.60 Å². The fourth-order valence-corrected chi connectivity index (χ4v) is 2.16. The van der Waals surface area contributed by atoms with Gasteiger partial charge in [0.2, 0.25) is 11.8 Å². The molecule has 1 aromatic carbocycles. The maximum Gasteiger partial charge on any atom is 0.326 e. The highest BCUT2D eigenvalue weighted by Gasteiger charge is 2.22. The number of nitrogens with zero attached hydrogens (tertiary/aromatic N) is 2. The quantitative estimate of drug-likeness (QED) is 0.778. The van der Waals surface area contributed by atoms with Crippen LogP contribution in [0.1, 0.15) is 43.4 Å². The molecule has 1 unspecified atom stereocenters. The second kappa shape index (κ2) is 8.09. The van der Waals surface area contributed by atoms with Gasteiger partial charge >= 0.3 is 5.97 Å². The summed E-state index contributed by atoms with van der Waals surface area (Å²) in [5.74, 6) is -0.768. The zero-order chi connectivity index (χ0) is 19.3. The third-order valence-corrected chi connectivity index (χ3v) is 3.47. The summed E-state index contributed by atoms with van der Waals surface area (Å²) in [5, 5.41) is 19.5. The Morgan fingerprint density at radius 2 is 1.88 bits per heavy atom.